The first-order valence-corrected chi connectivity index (χ1v) is 9.77. The molecule has 9 atom stereocenters. The molecule has 0 amide bonds. The predicted octanol–water partition coefficient (Wildman–Crippen LogP) is 3.75. The highest BCUT2D eigenvalue weighted by Crippen LogP contribution is 2.80. The Bertz CT molecular complexity index is 504. The molecule has 0 aromatic carbocycles. The summed E-state index contributed by atoms with van der Waals surface area (Å²) >= 11 is 0. The first kappa shape index (κ1) is 14.3. The van der Waals surface area contributed by atoms with E-state index < -0.39 is 0 Å². The molecule has 2 N–H and O–H groups in total. The molecule has 0 saturated heterocycles. The molecule has 0 bridgehead atoms. The molecule has 0 heterocycles. The Morgan fingerprint density at radius 3 is 2.50 bits per heavy atom. The van der Waals surface area contributed by atoms with Gasteiger partial charge in [-0.1, -0.05) is 13.8 Å². The summed E-state index contributed by atoms with van der Waals surface area (Å²) in [6.45, 7) is 4.97. The van der Waals surface area contributed by atoms with Crippen LogP contribution in [0.3, 0.4) is 0 Å². The Labute approximate surface area is 134 Å². The lowest BCUT2D eigenvalue weighted by molar-refractivity contribution is -0.141. The van der Waals surface area contributed by atoms with Gasteiger partial charge in [0, 0.05) is 0 Å². The zero-order valence-electron chi connectivity index (χ0n) is 14.2. The molecular weight excluding hydrogens is 272 g/mol. The van der Waals surface area contributed by atoms with E-state index >= 15 is 0 Å². The topological polar surface area (TPSA) is 40.5 Å². The van der Waals surface area contributed by atoms with Gasteiger partial charge in [-0.05, 0) is 97.7 Å². The molecule has 5 aliphatic rings. The van der Waals surface area contributed by atoms with Crippen molar-refractivity contribution in [3.8, 4) is 0 Å². The van der Waals surface area contributed by atoms with Gasteiger partial charge in [0.1, 0.15) is 0 Å². The second-order valence-corrected chi connectivity index (χ2v) is 10.1. The maximum atomic E-state index is 10.5. The molecule has 4 unspecified atom stereocenters. The Morgan fingerprint density at radius 1 is 0.864 bits per heavy atom. The maximum absolute atomic E-state index is 10.5. The van der Waals surface area contributed by atoms with Crippen LogP contribution in [0.5, 0.6) is 0 Å². The van der Waals surface area contributed by atoms with Crippen LogP contribution in [0.2, 0.25) is 0 Å². The highest BCUT2D eigenvalue weighted by Gasteiger charge is 2.73. The van der Waals surface area contributed by atoms with Crippen molar-refractivity contribution in [1.29, 1.82) is 0 Å². The lowest BCUT2D eigenvalue weighted by Crippen LogP contribution is -2.55. The van der Waals surface area contributed by atoms with Crippen LogP contribution in [0.1, 0.15) is 71.6 Å². The van der Waals surface area contributed by atoms with Crippen LogP contribution in [0, 0.1) is 39.9 Å². The number of rotatable bonds is 0. The van der Waals surface area contributed by atoms with Crippen molar-refractivity contribution in [3.63, 3.8) is 0 Å². The summed E-state index contributed by atoms with van der Waals surface area (Å²) in [7, 11) is 0. The van der Waals surface area contributed by atoms with E-state index in [0.717, 1.165) is 42.9 Å². The zero-order valence-corrected chi connectivity index (χ0v) is 14.2. The van der Waals surface area contributed by atoms with Gasteiger partial charge >= 0.3 is 0 Å². The van der Waals surface area contributed by atoms with Gasteiger partial charge < -0.3 is 10.2 Å². The Morgan fingerprint density at radius 2 is 1.68 bits per heavy atom. The van der Waals surface area contributed by atoms with Crippen molar-refractivity contribution in [2.24, 2.45) is 39.9 Å². The van der Waals surface area contributed by atoms with Crippen LogP contribution >= 0.6 is 0 Å². The van der Waals surface area contributed by atoms with Gasteiger partial charge in [-0.25, -0.2) is 0 Å². The molecule has 2 nitrogen and oxygen atoms in total. The van der Waals surface area contributed by atoms with Crippen LogP contribution in [0.25, 0.3) is 0 Å². The molecule has 0 radical (unpaired) electrons. The molecule has 124 valence electrons. The van der Waals surface area contributed by atoms with Crippen LogP contribution < -0.4 is 0 Å². The molecule has 0 aromatic rings. The summed E-state index contributed by atoms with van der Waals surface area (Å²) in [5, 5.41) is 20.8. The first-order chi connectivity index (χ1) is 10.4. The van der Waals surface area contributed by atoms with Gasteiger partial charge in [0.25, 0.3) is 0 Å². The number of fused-ring (bicyclic) bond motifs is 4. The highest BCUT2D eigenvalue weighted by molar-refractivity contribution is 5.22. The van der Waals surface area contributed by atoms with E-state index in [1.54, 1.807) is 0 Å². The maximum Gasteiger partial charge on any atom is 0.0596 e. The standard InChI is InChI=1S/C20H32O2/c1-18-7-6-16-14(15(18)3-4-17(18)22)9-12-10-20(12)11-13(21)5-8-19(16,20)2/h12-17,21-22H,3-11H2,1-2H3/t12?,13-,14?,15?,16?,17-,18-,19+,20+/m0/s1. The summed E-state index contributed by atoms with van der Waals surface area (Å²) in [5.41, 5.74) is 1.19. The third kappa shape index (κ3) is 1.46. The predicted molar refractivity (Wildman–Crippen MR) is 86.2 cm³/mol. The molecule has 5 aliphatic carbocycles. The van der Waals surface area contributed by atoms with Gasteiger partial charge in [-0.15, -0.1) is 0 Å². The average Bonchev–Trinajstić information content (AvgIpc) is 3.08. The van der Waals surface area contributed by atoms with E-state index in [-0.39, 0.29) is 17.6 Å². The summed E-state index contributed by atoms with van der Waals surface area (Å²) in [6, 6.07) is 0. The van der Waals surface area contributed by atoms with Crippen molar-refractivity contribution in [2.75, 3.05) is 0 Å². The van der Waals surface area contributed by atoms with Crippen molar-refractivity contribution >= 4 is 0 Å². The van der Waals surface area contributed by atoms with Crippen molar-refractivity contribution in [2.45, 2.75) is 83.8 Å². The quantitative estimate of drug-likeness (QED) is 0.715. The van der Waals surface area contributed by atoms with E-state index in [2.05, 4.69) is 13.8 Å². The second kappa shape index (κ2) is 4.11. The monoisotopic (exact) mass is 304 g/mol. The third-order valence-corrected chi connectivity index (χ3v) is 9.73. The Kier molecular flexibility index (Phi) is 2.67. The van der Waals surface area contributed by atoms with Crippen LogP contribution in [0.4, 0.5) is 0 Å². The second-order valence-electron chi connectivity index (χ2n) is 10.1. The molecule has 5 saturated carbocycles. The molecule has 2 heteroatoms. The van der Waals surface area contributed by atoms with Crippen LogP contribution in [-0.4, -0.2) is 22.4 Å². The molecular formula is C20H32O2. The summed E-state index contributed by atoms with van der Waals surface area (Å²) in [4.78, 5) is 0. The van der Waals surface area contributed by atoms with E-state index in [0.29, 0.717) is 10.8 Å². The summed E-state index contributed by atoms with van der Waals surface area (Å²) < 4.78 is 0. The van der Waals surface area contributed by atoms with Crippen molar-refractivity contribution in [1.82, 2.24) is 0 Å². The minimum absolute atomic E-state index is 0.0308. The largest absolute Gasteiger partial charge is 0.393 e. The SMILES string of the molecule is C[C@]12CCC3C(CC4C[C@@]45C[C@@H](O)CC[C@]35C)C1CC[C@@H]2O. The molecule has 0 aliphatic heterocycles. The molecule has 5 rings (SSSR count). The number of aliphatic hydroxyl groups is 2. The van der Waals surface area contributed by atoms with Gasteiger partial charge in [-0.3, -0.25) is 0 Å². The number of hydrogen-bond donors (Lipinski definition) is 2. The summed E-state index contributed by atoms with van der Waals surface area (Å²) in [5.74, 6) is 3.37. The van der Waals surface area contributed by atoms with Gasteiger partial charge in [0.15, 0.2) is 0 Å². The summed E-state index contributed by atoms with van der Waals surface area (Å²) in [6.07, 6.45) is 10.9. The third-order valence-electron chi connectivity index (χ3n) is 9.73. The zero-order chi connectivity index (χ0) is 15.3. The Hall–Kier alpha value is -0.0800. The lowest BCUT2D eigenvalue weighted by Gasteiger charge is -2.61. The first-order valence-electron chi connectivity index (χ1n) is 9.77. The van der Waals surface area contributed by atoms with Gasteiger partial charge in [0.05, 0.1) is 12.2 Å². The fraction of sp³-hybridized carbons (Fsp3) is 1.00. The van der Waals surface area contributed by atoms with Gasteiger partial charge in [-0.2, -0.15) is 0 Å². The van der Waals surface area contributed by atoms with E-state index in [1.807, 2.05) is 0 Å². The van der Waals surface area contributed by atoms with E-state index in [9.17, 15) is 10.2 Å². The number of aliphatic hydroxyl groups excluding tert-OH is 2. The molecule has 5 fully saturated rings. The fourth-order valence-corrected chi connectivity index (χ4v) is 8.37. The number of hydrogen-bond acceptors (Lipinski definition) is 2. The highest BCUT2D eigenvalue weighted by atomic mass is 16.3. The minimum Gasteiger partial charge on any atom is -0.393 e. The van der Waals surface area contributed by atoms with Crippen LogP contribution in [0.15, 0.2) is 0 Å². The molecule has 22 heavy (non-hydrogen) atoms. The average molecular weight is 304 g/mol. The fourth-order valence-electron chi connectivity index (χ4n) is 8.37. The smallest absolute Gasteiger partial charge is 0.0596 e. The Balaban J connectivity index is 1.51. The lowest BCUT2D eigenvalue weighted by atomic mass is 9.44. The molecule has 1 spiro atoms. The normalized spacial score (nSPS) is 66.0. The van der Waals surface area contributed by atoms with Crippen LogP contribution in [-0.2, 0) is 0 Å². The van der Waals surface area contributed by atoms with Gasteiger partial charge in [0.2, 0.25) is 0 Å². The van der Waals surface area contributed by atoms with E-state index in [1.165, 1.54) is 38.5 Å². The van der Waals surface area contributed by atoms with E-state index in [4.69, 9.17) is 0 Å². The molecule has 0 aromatic heterocycles. The van der Waals surface area contributed by atoms with Crippen molar-refractivity contribution in [3.05, 3.63) is 0 Å². The van der Waals surface area contributed by atoms with Crippen molar-refractivity contribution < 1.29 is 10.2 Å². The minimum atomic E-state index is -0.0506.